The van der Waals surface area contributed by atoms with Gasteiger partial charge >= 0.3 is 0 Å². The maximum atomic E-state index is 13.0. The van der Waals surface area contributed by atoms with Crippen molar-refractivity contribution in [2.45, 2.75) is 6.04 Å². The summed E-state index contributed by atoms with van der Waals surface area (Å²) in [6.07, 6.45) is 0. The molecule has 0 aromatic heterocycles. The molecule has 0 radical (unpaired) electrons. The zero-order valence-corrected chi connectivity index (χ0v) is 11.2. The predicted molar refractivity (Wildman–Crippen MR) is 71.6 cm³/mol. The molecule has 0 spiro atoms. The molecule has 2 aromatic carbocycles. The normalized spacial score (nSPS) is 12.5. The van der Waals surface area contributed by atoms with E-state index in [-0.39, 0.29) is 11.9 Å². The fourth-order valence-electron chi connectivity index (χ4n) is 1.63. The van der Waals surface area contributed by atoms with Gasteiger partial charge in [0.2, 0.25) is 0 Å². The molecule has 4 heteroatoms. The van der Waals surface area contributed by atoms with Crippen LogP contribution in [0.4, 0.5) is 4.39 Å². The van der Waals surface area contributed by atoms with Gasteiger partial charge in [-0.05, 0) is 35.4 Å². The first kappa shape index (κ1) is 12.6. The SMILES string of the molecule is NC(c1cccc(Cl)c1)c1ccc(F)cc1Br. The summed E-state index contributed by atoms with van der Waals surface area (Å²) < 4.78 is 13.6. The first-order valence-corrected chi connectivity index (χ1v) is 6.21. The summed E-state index contributed by atoms with van der Waals surface area (Å²) in [5, 5.41) is 0.635. The van der Waals surface area contributed by atoms with E-state index in [1.54, 1.807) is 12.1 Å². The minimum Gasteiger partial charge on any atom is -0.320 e. The lowest BCUT2D eigenvalue weighted by Gasteiger charge is -2.14. The molecule has 0 saturated carbocycles. The Morgan fingerprint density at radius 1 is 1.18 bits per heavy atom. The largest absolute Gasteiger partial charge is 0.320 e. The highest BCUT2D eigenvalue weighted by molar-refractivity contribution is 9.10. The minimum absolute atomic E-state index is 0.293. The summed E-state index contributed by atoms with van der Waals surface area (Å²) in [6, 6.07) is 11.5. The smallest absolute Gasteiger partial charge is 0.124 e. The molecule has 2 N–H and O–H groups in total. The van der Waals surface area contributed by atoms with Crippen LogP contribution in [0.25, 0.3) is 0 Å². The van der Waals surface area contributed by atoms with Crippen LogP contribution in [-0.4, -0.2) is 0 Å². The Hall–Kier alpha value is -0.900. The molecule has 0 amide bonds. The van der Waals surface area contributed by atoms with E-state index in [9.17, 15) is 4.39 Å². The molecular formula is C13H10BrClFN. The summed E-state index contributed by atoms with van der Waals surface area (Å²) in [5.74, 6) is -0.293. The van der Waals surface area contributed by atoms with Crippen LogP contribution in [0, 0.1) is 5.82 Å². The Morgan fingerprint density at radius 3 is 2.59 bits per heavy atom. The minimum atomic E-state index is -0.330. The van der Waals surface area contributed by atoms with Gasteiger partial charge in [0.15, 0.2) is 0 Å². The van der Waals surface area contributed by atoms with Gasteiger partial charge < -0.3 is 5.73 Å². The molecule has 17 heavy (non-hydrogen) atoms. The monoisotopic (exact) mass is 313 g/mol. The summed E-state index contributed by atoms with van der Waals surface area (Å²) in [7, 11) is 0. The van der Waals surface area contributed by atoms with E-state index >= 15 is 0 Å². The van der Waals surface area contributed by atoms with Crippen molar-refractivity contribution in [3.63, 3.8) is 0 Å². The van der Waals surface area contributed by atoms with E-state index in [1.165, 1.54) is 12.1 Å². The van der Waals surface area contributed by atoms with Gasteiger partial charge in [-0.3, -0.25) is 0 Å². The van der Waals surface area contributed by atoms with E-state index in [1.807, 2.05) is 18.2 Å². The first-order chi connectivity index (χ1) is 8.08. The lowest BCUT2D eigenvalue weighted by atomic mass is 10.00. The van der Waals surface area contributed by atoms with E-state index in [0.29, 0.717) is 9.50 Å². The van der Waals surface area contributed by atoms with Crippen molar-refractivity contribution in [1.82, 2.24) is 0 Å². The molecule has 2 aromatic rings. The van der Waals surface area contributed by atoms with Gasteiger partial charge in [-0.2, -0.15) is 0 Å². The second-order valence-corrected chi connectivity index (χ2v) is 4.99. The lowest BCUT2D eigenvalue weighted by molar-refractivity contribution is 0.625. The third-order valence-corrected chi connectivity index (χ3v) is 3.43. The van der Waals surface area contributed by atoms with Crippen LogP contribution in [0.3, 0.4) is 0 Å². The van der Waals surface area contributed by atoms with E-state index < -0.39 is 0 Å². The summed E-state index contributed by atoms with van der Waals surface area (Å²) >= 11 is 9.22. The van der Waals surface area contributed by atoms with Crippen molar-refractivity contribution in [2.24, 2.45) is 5.73 Å². The molecule has 0 aliphatic heterocycles. The number of halogens is 3. The topological polar surface area (TPSA) is 26.0 Å². The van der Waals surface area contributed by atoms with Crippen LogP contribution in [0.1, 0.15) is 17.2 Å². The average molecular weight is 315 g/mol. The van der Waals surface area contributed by atoms with Crippen molar-refractivity contribution in [1.29, 1.82) is 0 Å². The Labute approximate surface area is 113 Å². The van der Waals surface area contributed by atoms with Gasteiger partial charge in [-0.1, -0.05) is 45.7 Å². The number of nitrogens with two attached hydrogens (primary N) is 1. The van der Waals surface area contributed by atoms with Crippen LogP contribution in [0.15, 0.2) is 46.9 Å². The first-order valence-electron chi connectivity index (χ1n) is 5.04. The van der Waals surface area contributed by atoms with Gasteiger partial charge in [-0.25, -0.2) is 4.39 Å². The molecule has 0 heterocycles. The molecule has 0 aliphatic carbocycles. The second-order valence-electron chi connectivity index (χ2n) is 3.70. The molecule has 2 rings (SSSR count). The molecular weight excluding hydrogens is 305 g/mol. The summed E-state index contributed by atoms with van der Waals surface area (Å²) in [5.41, 5.74) is 7.85. The summed E-state index contributed by atoms with van der Waals surface area (Å²) in [6.45, 7) is 0. The molecule has 0 saturated heterocycles. The standard InChI is InChI=1S/C13H10BrClFN/c14-12-7-10(16)4-5-11(12)13(17)8-2-1-3-9(15)6-8/h1-7,13H,17H2. The van der Waals surface area contributed by atoms with Gasteiger partial charge in [0.25, 0.3) is 0 Å². The second kappa shape index (κ2) is 5.17. The number of benzene rings is 2. The molecule has 88 valence electrons. The third kappa shape index (κ3) is 2.86. The van der Waals surface area contributed by atoms with Crippen LogP contribution in [-0.2, 0) is 0 Å². The van der Waals surface area contributed by atoms with Gasteiger partial charge in [0.05, 0.1) is 6.04 Å². The molecule has 0 bridgehead atoms. The highest BCUT2D eigenvalue weighted by atomic mass is 79.9. The van der Waals surface area contributed by atoms with Crippen LogP contribution in [0.5, 0.6) is 0 Å². The zero-order chi connectivity index (χ0) is 12.4. The average Bonchev–Trinajstić information content (AvgIpc) is 2.28. The quantitative estimate of drug-likeness (QED) is 0.879. The summed E-state index contributed by atoms with van der Waals surface area (Å²) in [4.78, 5) is 0. The fraction of sp³-hybridized carbons (Fsp3) is 0.0769. The van der Waals surface area contributed by atoms with Crippen molar-refractivity contribution < 1.29 is 4.39 Å². The van der Waals surface area contributed by atoms with Crippen molar-refractivity contribution >= 4 is 27.5 Å². The Balaban J connectivity index is 2.40. The maximum absolute atomic E-state index is 13.0. The third-order valence-electron chi connectivity index (χ3n) is 2.51. The Kier molecular flexibility index (Phi) is 3.82. The Bertz CT molecular complexity index is 545. The molecule has 0 aliphatic rings. The van der Waals surface area contributed by atoms with E-state index in [2.05, 4.69) is 15.9 Å². The maximum Gasteiger partial charge on any atom is 0.124 e. The van der Waals surface area contributed by atoms with Gasteiger partial charge in [-0.15, -0.1) is 0 Å². The molecule has 1 nitrogen and oxygen atoms in total. The molecule has 1 atom stereocenters. The van der Waals surface area contributed by atoms with Gasteiger partial charge in [0.1, 0.15) is 5.82 Å². The van der Waals surface area contributed by atoms with Crippen LogP contribution >= 0.6 is 27.5 Å². The molecule has 0 fully saturated rings. The van der Waals surface area contributed by atoms with E-state index in [4.69, 9.17) is 17.3 Å². The number of hydrogen-bond acceptors (Lipinski definition) is 1. The highest BCUT2D eigenvalue weighted by Gasteiger charge is 2.12. The Morgan fingerprint density at radius 2 is 1.94 bits per heavy atom. The van der Waals surface area contributed by atoms with Crippen molar-refractivity contribution in [3.8, 4) is 0 Å². The van der Waals surface area contributed by atoms with Gasteiger partial charge in [0, 0.05) is 9.50 Å². The van der Waals surface area contributed by atoms with Crippen LogP contribution < -0.4 is 5.73 Å². The van der Waals surface area contributed by atoms with Crippen molar-refractivity contribution in [3.05, 3.63) is 68.9 Å². The fourth-order valence-corrected chi connectivity index (χ4v) is 2.43. The lowest BCUT2D eigenvalue weighted by Crippen LogP contribution is -2.12. The zero-order valence-electron chi connectivity index (χ0n) is 8.83. The number of hydrogen-bond donors (Lipinski definition) is 1. The van der Waals surface area contributed by atoms with Crippen molar-refractivity contribution in [2.75, 3.05) is 0 Å². The van der Waals surface area contributed by atoms with Crippen LogP contribution in [0.2, 0.25) is 5.02 Å². The highest BCUT2D eigenvalue weighted by Crippen LogP contribution is 2.28. The number of rotatable bonds is 2. The van der Waals surface area contributed by atoms with E-state index in [0.717, 1.165) is 11.1 Å². The molecule has 1 unspecified atom stereocenters. The predicted octanol–water partition coefficient (Wildman–Crippen LogP) is 4.29.